The molecular weight excluding hydrogens is 519 g/mol. The zero-order valence-electron chi connectivity index (χ0n) is 19.3. The summed E-state index contributed by atoms with van der Waals surface area (Å²) in [5.74, 6) is -3.49. The van der Waals surface area contributed by atoms with Crippen molar-refractivity contribution in [1.82, 2.24) is 20.3 Å². The minimum atomic E-state index is -4.59. The smallest absolute Gasteiger partial charge is 0.350 e. The molecule has 196 valence electrons. The van der Waals surface area contributed by atoms with Gasteiger partial charge < -0.3 is 5.32 Å². The third kappa shape index (κ3) is 5.60. The maximum atomic E-state index is 14.6. The van der Waals surface area contributed by atoms with Crippen LogP contribution in [0.4, 0.5) is 22.0 Å². The molecule has 1 aliphatic carbocycles. The Bertz CT molecular complexity index is 1380. The fourth-order valence-electron chi connectivity index (χ4n) is 4.37. The summed E-state index contributed by atoms with van der Waals surface area (Å²) in [5, 5.41) is 1.21. The van der Waals surface area contributed by atoms with Gasteiger partial charge in [-0.1, -0.05) is 6.92 Å². The van der Waals surface area contributed by atoms with E-state index in [9.17, 15) is 35.2 Å². The van der Waals surface area contributed by atoms with Crippen LogP contribution in [0.3, 0.4) is 0 Å². The first-order valence-electron chi connectivity index (χ1n) is 11.1. The van der Waals surface area contributed by atoms with Crippen molar-refractivity contribution in [1.29, 1.82) is 0 Å². The van der Waals surface area contributed by atoms with Gasteiger partial charge in [-0.2, -0.15) is 13.2 Å². The summed E-state index contributed by atoms with van der Waals surface area (Å²) in [6.45, 7) is 1.26. The molecule has 0 bridgehead atoms. The lowest BCUT2D eigenvalue weighted by atomic mass is 10.0. The summed E-state index contributed by atoms with van der Waals surface area (Å²) in [6.07, 6.45) is -4.25. The van der Waals surface area contributed by atoms with E-state index in [1.165, 1.54) is 19.1 Å². The van der Waals surface area contributed by atoms with Gasteiger partial charge in [0.2, 0.25) is 5.91 Å². The van der Waals surface area contributed by atoms with Crippen LogP contribution >= 0.6 is 0 Å². The molecule has 0 radical (unpaired) electrons. The molecule has 1 N–H and O–H groups in total. The van der Waals surface area contributed by atoms with Crippen molar-refractivity contribution in [2.45, 2.75) is 42.4 Å². The Balaban J connectivity index is 1.49. The third-order valence-electron chi connectivity index (χ3n) is 6.32. The number of halogens is 5. The monoisotopic (exact) mass is 540 g/mol. The number of aromatic nitrogens is 3. The van der Waals surface area contributed by atoms with Crippen LogP contribution in [0, 0.1) is 17.7 Å². The van der Waals surface area contributed by atoms with Gasteiger partial charge in [0.15, 0.2) is 9.84 Å². The predicted octanol–water partition coefficient (Wildman–Crippen LogP) is 4.15. The fraction of sp³-hybridized carbons (Fsp3) is 0.333. The van der Waals surface area contributed by atoms with Crippen molar-refractivity contribution >= 4 is 15.7 Å². The molecule has 7 nitrogen and oxygen atoms in total. The van der Waals surface area contributed by atoms with Crippen LogP contribution in [0.5, 0.6) is 0 Å². The lowest BCUT2D eigenvalue weighted by Gasteiger charge is -2.22. The Labute approximate surface area is 209 Å². The number of benzene rings is 1. The molecule has 0 aliphatic heterocycles. The Morgan fingerprint density at radius 1 is 1.08 bits per heavy atom. The van der Waals surface area contributed by atoms with Gasteiger partial charge in [-0.15, -0.1) is 0 Å². The SMILES string of the molecule is C[C@@H]1C(S(=O)(=O)c2ccc(F)cc2)[C@H](C(=O)NCc2cc(-c3ccc(C(F)(F)F)nc3)ncn2)C[C@H]1F. The van der Waals surface area contributed by atoms with E-state index in [4.69, 9.17) is 0 Å². The molecule has 1 saturated carbocycles. The molecular formula is C24H21F5N4O3S. The summed E-state index contributed by atoms with van der Waals surface area (Å²) in [4.78, 5) is 24.2. The second-order valence-corrected chi connectivity index (χ2v) is 10.8. The quantitative estimate of drug-likeness (QED) is 0.372. The van der Waals surface area contributed by atoms with Gasteiger partial charge in [0.25, 0.3) is 0 Å². The summed E-state index contributed by atoms with van der Waals surface area (Å²) in [5.41, 5.74) is -0.215. The van der Waals surface area contributed by atoms with Gasteiger partial charge in [0, 0.05) is 17.7 Å². The molecule has 1 amide bonds. The van der Waals surface area contributed by atoms with E-state index in [0.29, 0.717) is 11.3 Å². The van der Waals surface area contributed by atoms with E-state index >= 15 is 0 Å². The number of hydrogen-bond donors (Lipinski definition) is 1. The number of sulfone groups is 1. The summed E-state index contributed by atoms with van der Waals surface area (Å²) >= 11 is 0. The number of rotatable bonds is 6. The van der Waals surface area contributed by atoms with Crippen molar-refractivity contribution in [2.75, 3.05) is 0 Å². The van der Waals surface area contributed by atoms with Gasteiger partial charge in [0.1, 0.15) is 24.0 Å². The molecule has 1 fully saturated rings. The van der Waals surface area contributed by atoms with Crippen LogP contribution in [-0.2, 0) is 27.4 Å². The van der Waals surface area contributed by atoms with E-state index in [2.05, 4.69) is 20.3 Å². The number of carbonyl (C=O) groups excluding carboxylic acids is 1. The first-order valence-corrected chi connectivity index (χ1v) is 12.7. The highest BCUT2D eigenvalue weighted by molar-refractivity contribution is 7.92. The first-order chi connectivity index (χ1) is 17.4. The number of nitrogens with zero attached hydrogens (tertiary/aromatic N) is 3. The average Bonchev–Trinajstić information content (AvgIpc) is 3.17. The third-order valence-corrected chi connectivity index (χ3v) is 8.72. The largest absolute Gasteiger partial charge is 0.433 e. The van der Waals surface area contributed by atoms with E-state index in [-0.39, 0.29) is 23.6 Å². The number of amides is 1. The molecule has 1 aromatic carbocycles. The van der Waals surface area contributed by atoms with Crippen LogP contribution in [-0.4, -0.2) is 40.7 Å². The molecule has 13 heteroatoms. The topological polar surface area (TPSA) is 102 Å². The highest BCUT2D eigenvalue weighted by atomic mass is 32.2. The van der Waals surface area contributed by atoms with E-state index in [0.717, 1.165) is 42.9 Å². The summed E-state index contributed by atoms with van der Waals surface area (Å²) in [7, 11) is -4.15. The first kappa shape index (κ1) is 26.6. The molecule has 37 heavy (non-hydrogen) atoms. The van der Waals surface area contributed by atoms with Crippen LogP contribution in [0.15, 0.2) is 59.9 Å². The Morgan fingerprint density at radius 3 is 2.41 bits per heavy atom. The van der Waals surface area contributed by atoms with Gasteiger partial charge in [0.05, 0.1) is 34.0 Å². The number of pyridine rings is 1. The maximum Gasteiger partial charge on any atom is 0.433 e. The van der Waals surface area contributed by atoms with Crippen molar-refractivity contribution < 1.29 is 35.2 Å². The van der Waals surface area contributed by atoms with Gasteiger partial charge >= 0.3 is 6.18 Å². The molecule has 1 aliphatic rings. The molecule has 0 saturated heterocycles. The van der Waals surface area contributed by atoms with Crippen LogP contribution in [0.1, 0.15) is 24.7 Å². The maximum absolute atomic E-state index is 14.6. The minimum Gasteiger partial charge on any atom is -0.350 e. The second-order valence-electron chi connectivity index (χ2n) is 8.72. The summed E-state index contributed by atoms with van der Waals surface area (Å²) < 4.78 is 92.5. The highest BCUT2D eigenvalue weighted by Gasteiger charge is 2.51. The predicted molar refractivity (Wildman–Crippen MR) is 122 cm³/mol. The Morgan fingerprint density at radius 2 is 1.78 bits per heavy atom. The number of nitrogens with one attached hydrogen (secondary N) is 1. The second kappa shape index (κ2) is 10.1. The molecule has 0 spiro atoms. The molecule has 3 aromatic rings. The van der Waals surface area contributed by atoms with E-state index in [1.54, 1.807) is 0 Å². The van der Waals surface area contributed by atoms with Gasteiger partial charge in [-0.25, -0.2) is 27.2 Å². The minimum absolute atomic E-state index is 0.159. The molecule has 2 aromatic heterocycles. The number of carbonyl (C=O) groups is 1. The number of alkyl halides is 4. The number of hydrogen-bond acceptors (Lipinski definition) is 6. The lowest BCUT2D eigenvalue weighted by Crippen LogP contribution is -2.40. The van der Waals surface area contributed by atoms with E-state index < -0.39 is 56.7 Å². The van der Waals surface area contributed by atoms with Gasteiger partial charge in [-0.3, -0.25) is 9.78 Å². The standard InChI is InChI=1S/C24H21F5N4O3S/c1-13-19(26)9-18(22(13)37(35,36)17-5-3-15(25)4-6-17)23(34)31-11-16-8-20(33-12-32-16)14-2-7-21(30-10-14)24(27,28)29/h2-8,10,12-13,18-19,22H,9,11H2,1H3,(H,31,34)/t13-,18+,19+,22?/m0/s1. The van der Waals surface area contributed by atoms with E-state index in [1.807, 2.05) is 0 Å². The van der Waals surface area contributed by atoms with Crippen molar-refractivity contribution in [3.63, 3.8) is 0 Å². The van der Waals surface area contributed by atoms with Crippen LogP contribution in [0.2, 0.25) is 0 Å². The fourth-order valence-corrected chi connectivity index (χ4v) is 6.61. The zero-order chi connectivity index (χ0) is 27.0. The van der Waals surface area contributed by atoms with Crippen LogP contribution < -0.4 is 5.32 Å². The average molecular weight is 541 g/mol. The van der Waals surface area contributed by atoms with Crippen molar-refractivity contribution in [2.24, 2.45) is 11.8 Å². The summed E-state index contributed by atoms with van der Waals surface area (Å²) in [6, 6.07) is 7.57. The van der Waals surface area contributed by atoms with Crippen LogP contribution in [0.25, 0.3) is 11.3 Å². The Hall–Kier alpha value is -3.48. The molecule has 4 atom stereocenters. The molecule has 1 unspecified atom stereocenters. The molecule has 4 rings (SSSR count). The Kier molecular flexibility index (Phi) is 7.27. The lowest BCUT2D eigenvalue weighted by molar-refractivity contribution is -0.141. The highest BCUT2D eigenvalue weighted by Crippen LogP contribution is 2.41. The van der Waals surface area contributed by atoms with Gasteiger partial charge in [-0.05, 0) is 48.9 Å². The molecule has 2 heterocycles. The normalized spacial score (nSPS) is 22.1. The zero-order valence-corrected chi connectivity index (χ0v) is 20.1. The van der Waals surface area contributed by atoms with Crippen molar-refractivity contribution in [3.8, 4) is 11.3 Å². The van der Waals surface area contributed by atoms with Crippen molar-refractivity contribution in [3.05, 3.63) is 72.2 Å².